The maximum Gasteiger partial charge on any atom is 1.00 e. The fraction of sp³-hybridized carbons (Fsp3) is 0.538. The van der Waals surface area contributed by atoms with Gasteiger partial charge >= 0.3 is 51.4 Å². The second-order valence-electron chi connectivity index (χ2n) is 5.00. The van der Waals surface area contributed by atoms with Gasteiger partial charge in [-0.15, -0.1) is 0 Å². The van der Waals surface area contributed by atoms with Gasteiger partial charge in [0, 0.05) is 25.0 Å². The Morgan fingerprint density at radius 1 is 1.42 bits per heavy atom. The number of rotatable bonds is 5. The predicted octanol–water partition coefficient (Wildman–Crippen LogP) is -1.15. The van der Waals surface area contributed by atoms with E-state index in [9.17, 15) is 4.79 Å². The van der Waals surface area contributed by atoms with Crippen LogP contribution in [0, 0.1) is 0 Å². The minimum absolute atomic E-state index is 0. The first-order valence-corrected chi connectivity index (χ1v) is 5.91. The van der Waals surface area contributed by atoms with Gasteiger partial charge in [0.2, 0.25) is 5.91 Å². The van der Waals surface area contributed by atoms with Crippen LogP contribution in [0.15, 0.2) is 24.5 Å². The number of carbonyl (C=O) groups is 1. The summed E-state index contributed by atoms with van der Waals surface area (Å²) < 4.78 is 0. The van der Waals surface area contributed by atoms with Gasteiger partial charge in [-0.2, -0.15) is 0 Å². The molecule has 6 heteroatoms. The first-order valence-electron chi connectivity index (χ1n) is 5.91. The van der Waals surface area contributed by atoms with Gasteiger partial charge in [0.05, 0.1) is 0 Å². The van der Waals surface area contributed by atoms with Crippen molar-refractivity contribution < 1.29 is 61.0 Å². The summed E-state index contributed by atoms with van der Waals surface area (Å²) in [5.74, 6) is -0.156. The molecule has 19 heavy (non-hydrogen) atoms. The second-order valence-corrected chi connectivity index (χ2v) is 5.00. The Morgan fingerprint density at radius 2 is 2.00 bits per heavy atom. The summed E-state index contributed by atoms with van der Waals surface area (Å²) in [4.78, 5) is 21.0. The molecule has 0 aliphatic heterocycles. The molecule has 0 saturated carbocycles. The molecule has 1 amide bonds. The zero-order chi connectivity index (χ0) is 13.6. The van der Waals surface area contributed by atoms with Gasteiger partial charge < -0.3 is 15.6 Å². The van der Waals surface area contributed by atoms with E-state index in [-0.39, 0.29) is 57.3 Å². The van der Waals surface area contributed by atoms with E-state index in [2.05, 4.69) is 15.8 Å². The summed E-state index contributed by atoms with van der Waals surface area (Å²) in [5.41, 5.74) is 4.63. The molecular formula is C13H20KN3O2. The molecule has 100 valence electrons. The summed E-state index contributed by atoms with van der Waals surface area (Å²) in [7, 11) is 1.59. The Morgan fingerprint density at radius 3 is 2.47 bits per heavy atom. The fourth-order valence-corrected chi connectivity index (χ4v) is 1.31. The molecule has 1 atom stereocenters. The predicted molar refractivity (Wildman–Crippen MR) is 70.0 cm³/mol. The van der Waals surface area contributed by atoms with E-state index in [1.54, 1.807) is 19.4 Å². The monoisotopic (exact) mass is 289 g/mol. The molecule has 0 aliphatic rings. The first-order chi connectivity index (χ1) is 8.42. The number of amides is 1. The third kappa shape index (κ3) is 8.14. The van der Waals surface area contributed by atoms with Crippen LogP contribution >= 0.6 is 0 Å². The Bertz CT molecular complexity index is 379. The van der Waals surface area contributed by atoms with Crippen molar-refractivity contribution in [3.8, 4) is 0 Å². The van der Waals surface area contributed by atoms with Gasteiger partial charge in [-0.25, -0.2) is 0 Å². The average molecular weight is 289 g/mol. The molecule has 1 N–H and O–H groups in total. The third-order valence-electron chi connectivity index (χ3n) is 2.18. The van der Waals surface area contributed by atoms with E-state index in [1.807, 2.05) is 32.9 Å². The zero-order valence-corrected chi connectivity index (χ0v) is 15.4. The molecule has 1 heterocycles. The normalized spacial score (nSPS) is 12.4. The van der Waals surface area contributed by atoms with E-state index in [4.69, 9.17) is 4.84 Å². The number of nitrogens with one attached hydrogen (secondary N) is 1. The number of pyridine rings is 1. The largest absolute Gasteiger partial charge is 1.00 e. The molecule has 0 aliphatic carbocycles. The van der Waals surface area contributed by atoms with Crippen molar-refractivity contribution in [2.75, 3.05) is 7.05 Å². The molecule has 0 saturated heterocycles. The molecule has 0 spiro atoms. The number of hydrogen-bond acceptors (Lipinski definition) is 3. The first kappa shape index (κ1) is 19.2. The van der Waals surface area contributed by atoms with Crippen LogP contribution in [0.1, 0.15) is 26.3 Å². The van der Waals surface area contributed by atoms with E-state index in [1.165, 1.54) is 0 Å². The van der Waals surface area contributed by atoms with Crippen molar-refractivity contribution in [2.45, 2.75) is 38.8 Å². The molecule has 1 aromatic heterocycles. The summed E-state index contributed by atoms with van der Waals surface area (Å²) in [5, 5.41) is 2.59. The van der Waals surface area contributed by atoms with Crippen LogP contribution in [-0.2, 0) is 16.1 Å². The molecule has 0 radical (unpaired) electrons. The van der Waals surface area contributed by atoms with Crippen LogP contribution in [0.3, 0.4) is 0 Å². The number of carbonyl (C=O) groups excluding carboxylic acids is 1. The van der Waals surface area contributed by atoms with E-state index >= 15 is 0 Å². The Labute approximate surface area is 157 Å². The Hall–Kier alpha value is 0.176. The van der Waals surface area contributed by atoms with Crippen molar-refractivity contribution in [1.82, 2.24) is 10.3 Å². The number of hydrogen-bond donors (Lipinski definition) is 1. The zero-order valence-electron chi connectivity index (χ0n) is 12.3. The minimum atomic E-state index is -0.545. The SMILES string of the molecule is CNC(=O)C(Cc1ccncc1)[N-]OC(C)(C)C.[K+]. The number of nitrogens with zero attached hydrogens (tertiary/aromatic N) is 2. The van der Waals surface area contributed by atoms with Crippen molar-refractivity contribution in [1.29, 1.82) is 0 Å². The van der Waals surface area contributed by atoms with Gasteiger partial charge in [0.15, 0.2) is 0 Å². The molecule has 1 unspecified atom stereocenters. The average Bonchev–Trinajstić information content (AvgIpc) is 2.33. The second kappa shape index (κ2) is 9.17. The van der Waals surface area contributed by atoms with Gasteiger partial charge in [-0.1, -0.05) is 0 Å². The van der Waals surface area contributed by atoms with Crippen LogP contribution < -0.4 is 56.7 Å². The van der Waals surface area contributed by atoms with Crippen LogP contribution in [0.2, 0.25) is 0 Å². The Balaban J connectivity index is 0.00000324. The summed E-state index contributed by atoms with van der Waals surface area (Å²) in [6.07, 6.45) is 3.89. The van der Waals surface area contributed by atoms with Gasteiger partial charge in [-0.05, 0) is 50.9 Å². The molecule has 0 bridgehead atoms. The molecule has 5 nitrogen and oxygen atoms in total. The van der Waals surface area contributed by atoms with Crippen LogP contribution in [0.5, 0.6) is 0 Å². The molecule has 1 aromatic rings. The summed E-state index contributed by atoms with van der Waals surface area (Å²) >= 11 is 0. The third-order valence-corrected chi connectivity index (χ3v) is 2.18. The van der Waals surface area contributed by atoms with Gasteiger partial charge in [-0.3, -0.25) is 9.78 Å². The minimum Gasteiger partial charge on any atom is -0.523 e. The summed E-state index contributed by atoms with van der Waals surface area (Å²) in [6, 6.07) is 3.18. The number of likely N-dealkylation sites (N-methyl/N-ethyl adjacent to an activating group) is 1. The maximum atomic E-state index is 11.7. The smallest absolute Gasteiger partial charge is 0.523 e. The van der Waals surface area contributed by atoms with Crippen molar-refractivity contribution in [3.05, 3.63) is 35.6 Å². The number of hydroxylamine groups is 1. The van der Waals surface area contributed by atoms with E-state index < -0.39 is 11.6 Å². The van der Waals surface area contributed by atoms with E-state index in [0.717, 1.165) is 5.56 Å². The number of aromatic nitrogens is 1. The van der Waals surface area contributed by atoms with Gasteiger partial charge in [0.25, 0.3) is 0 Å². The van der Waals surface area contributed by atoms with Crippen LogP contribution in [-0.4, -0.2) is 29.6 Å². The maximum absolute atomic E-state index is 11.7. The van der Waals surface area contributed by atoms with Crippen LogP contribution in [0.4, 0.5) is 0 Å². The molecule has 1 rings (SSSR count). The topological polar surface area (TPSA) is 65.3 Å². The fourth-order valence-electron chi connectivity index (χ4n) is 1.31. The van der Waals surface area contributed by atoms with Crippen molar-refractivity contribution in [2.24, 2.45) is 0 Å². The van der Waals surface area contributed by atoms with Crippen molar-refractivity contribution in [3.63, 3.8) is 0 Å². The van der Waals surface area contributed by atoms with Crippen LogP contribution in [0.25, 0.3) is 5.48 Å². The summed E-state index contributed by atoms with van der Waals surface area (Å²) in [6.45, 7) is 5.68. The molecular weight excluding hydrogens is 269 g/mol. The molecule has 0 aromatic carbocycles. The quantitative estimate of drug-likeness (QED) is 0.550. The Kier molecular flexibility index (Phi) is 9.26. The van der Waals surface area contributed by atoms with Crippen molar-refractivity contribution >= 4 is 5.91 Å². The van der Waals surface area contributed by atoms with E-state index in [0.29, 0.717) is 6.42 Å². The van der Waals surface area contributed by atoms with Gasteiger partial charge in [0.1, 0.15) is 0 Å². The molecule has 0 fully saturated rings. The standard InChI is InChI=1S/C13H20N3O2.K/c1-13(2,3)18-16-11(12(17)14-4)9-10-5-7-15-8-6-10;/h5-8,11H,9H2,1-4H3,(H,14,17);/q-1;+1.